The summed E-state index contributed by atoms with van der Waals surface area (Å²) in [6.07, 6.45) is 4.75. The Kier molecular flexibility index (Phi) is 8.26. The molecule has 0 aromatic heterocycles. The van der Waals surface area contributed by atoms with Crippen LogP contribution in [-0.2, 0) is 14.3 Å². The molecular weight excluding hydrogens is 384 g/mol. The number of carbonyl (C=O) groups excluding carboxylic acids is 2. The van der Waals surface area contributed by atoms with Gasteiger partial charge in [-0.2, -0.15) is 4.90 Å². The number of imide groups is 1. The second-order valence-corrected chi connectivity index (χ2v) is 9.36. The molecule has 0 aromatic carbocycles. The Balaban J connectivity index is 1.67. The highest BCUT2D eigenvalue weighted by Crippen LogP contribution is 2.45. The Morgan fingerprint density at radius 3 is 2.60 bits per heavy atom. The third-order valence-electron chi connectivity index (χ3n) is 6.91. The minimum absolute atomic E-state index is 0.0345. The lowest BCUT2D eigenvalue weighted by atomic mass is 9.72. The van der Waals surface area contributed by atoms with Gasteiger partial charge in [0.2, 0.25) is 0 Å². The van der Waals surface area contributed by atoms with Gasteiger partial charge < -0.3 is 19.7 Å². The molecule has 3 fully saturated rings. The zero-order valence-electron chi connectivity index (χ0n) is 19.2. The van der Waals surface area contributed by atoms with Crippen molar-refractivity contribution < 1.29 is 24.0 Å². The second kappa shape index (κ2) is 10.5. The van der Waals surface area contributed by atoms with Crippen molar-refractivity contribution in [3.05, 3.63) is 0 Å². The summed E-state index contributed by atoms with van der Waals surface area (Å²) >= 11 is 0. The number of nitrogens with one attached hydrogen (secondary N) is 2. The Hall–Kier alpha value is -1.06. The molecule has 172 valence electrons. The fourth-order valence-electron chi connectivity index (χ4n) is 5.51. The van der Waals surface area contributed by atoms with Gasteiger partial charge >= 0.3 is 11.9 Å². The maximum atomic E-state index is 13.4. The van der Waals surface area contributed by atoms with Crippen molar-refractivity contribution in [2.75, 3.05) is 60.0 Å². The molecule has 1 spiro atoms. The number of rotatable bonds is 7. The van der Waals surface area contributed by atoms with Gasteiger partial charge in [0.25, 0.3) is 0 Å². The molecule has 3 amide bonds. The Bertz CT molecular complexity index is 594. The largest absolute Gasteiger partial charge is 0.422 e. The van der Waals surface area contributed by atoms with E-state index in [1.807, 2.05) is 25.9 Å². The fraction of sp³-hybridized carbons (Fsp3) is 0.909. The van der Waals surface area contributed by atoms with Crippen LogP contribution in [0.25, 0.3) is 0 Å². The number of piperidine rings is 1. The monoisotopic (exact) mass is 425 g/mol. The molecule has 30 heavy (non-hydrogen) atoms. The van der Waals surface area contributed by atoms with E-state index in [-0.39, 0.29) is 17.9 Å². The lowest BCUT2D eigenvalue weighted by molar-refractivity contribution is -0.733. The van der Waals surface area contributed by atoms with Gasteiger partial charge in [0.05, 0.1) is 25.7 Å². The molecular formula is C22H41N4O4+. The highest BCUT2D eigenvalue weighted by Gasteiger charge is 2.51. The van der Waals surface area contributed by atoms with Crippen LogP contribution >= 0.6 is 0 Å². The van der Waals surface area contributed by atoms with E-state index in [1.54, 1.807) is 0 Å². The number of likely N-dealkylation sites (N-methyl/N-ethyl adjacent to an activating group) is 1. The van der Waals surface area contributed by atoms with Crippen LogP contribution in [0.4, 0.5) is 4.79 Å². The molecule has 2 saturated heterocycles. The van der Waals surface area contributed by atoms with Crippen molar-refractivity contribution in [1.29, 1.82) is 0 Å². The maximum Gasteiger partial charge on any atom is 0.422 e. The molecule has 0 radical (unpaired) electrons. The quantitative estimate of drug-likeness (QED) is 0.613. The van der Waals surface area contributed by atoms with Crippen LogP contribution in [-0.4, -0.2) is 93.6 Å². The molecule has 8 heteroatoms. The number of nitrogens with zero attached hydrogens (tertiary/aromatic N) is 2. The SMILES string of the molecule is CCCN1C[C@H](C(=O)[NH+](CC)C(=O)NCCN(C)C)C[C@@H]2CC3(CC[C@H]21)OCCO3. The Morgan fingerprint density at radius 1 is 1.23 bits per heavy atom. The Labute approximate surface area is 181 Å². The normalized spacial score (nSPS) is 29.7. The number of hydrogen-bond acceptors (Lipinski definition) is 6. The molecule has 2 N–H and O–H groups in total. The third kappa shape index (κ3) is 5.40. The highest BCUT2D eigenvalue weighted by atomic mass is 16.7. The molecule has 3 aliphatic rings. The zero-order valence-corrected chi connectivity index (χ0v) is 19.2. The van der Waals surface area contributed by atoms with Gasteiger partial charge in [-0.25, -0.2) is 9.59 Å². The number of urea groups is 1. The number of ether oxygens (including phenoxy) is 2. The summed E-state index contributed by atoms with van der Waals surface area (Å²) in [7, 11) is 3.94. The van der Waals surface area contributed by atoms with Crippen LogP contribution in [0.1, 0.15) is 46.0 Å². The van der Waals surface area contributed by atoms with Crippen molar-refractivity contribution in [2.45, 2.75) is 57.8 Å². The number of likely N-dealkylation sites (tertiary alicyclic amines) is 1. The van der Waals surface area contributed by atoms with Crippen molar-refractivity contribution >= 4 is 11.9 Å². The van der Waals surface area contributed by atoms with Crippen molar-refractivity contribution in [3.8, 4) is 0 Å². The molecule has 4 atom stereocenters. The summed E-state index contributed by atoms with van der Waals surface area (Å²) in [5, 5.41) is 2.93. The smallest absolute Gasteiger partial charge is 0.348 e. The van der Waals surface area contributed by atoms with Gasteiger partial charge in [0.15, 0.2) is 5.79 Å². The molecule has 8 nitrogen and oxygen atoms in total. The summed E-state index contributed by atoms with van der Waals surface area (Å²) < 4.78 is 12.0. The van der Waals surface area contributed by atoms with E-state index < -0.39 is 5.79 Å². The van der Waals surface area contributed by atoms with E-state index in [2.05, 4.69) is 17.1 Å². The molecule has 2 aliphatic heterocycles. The Morgan fingerprint density at radius 2 is 1.97 bits per heavy atom. The summed E-state index contributed by atoms with van der Waals surface area (Å²) in [4.78, 5) is 31.0. The lowest BCUT2D eigenvalue weighted by Gasteiger charge is -2.50. The molecule has 1 aliphatic carbocycles. The van der Waals surface area contributed by atoms with E-state index >= 15 is 0 Å². The number of amides is 3. The first-order chi connectivity index (χ1) is 14.4. The van der Waals surface area contributed by atoms with E-state index in [9.17, 15) is 9.59 Å². The van der Waals surface area contributed by atoms with Gasteiger partial charge in [0, 0.05) is 38.5 Å². The minimum Gasteiger partial charge on any atom is -0.348 e. The zero-order chi connectivity index (χ0) is 21.7. The van der Waals surface area contributed by atoms with Crippen LogP contribution in [0.2, 0.25) is 0 Å². The number of fused-ring (bicyclic) bond motifs is 1. The van der Waals surface area contributed by atoms with Gasteiger partial charge in [-0.3, -0.25) is 4.90 Å². The molecule has 1 unspecified atom stereocenters. The first-order valence-electron chi connectivity index (χ1n) is 11.7. The van der Waals surface area contributed by atoms with E-state index in [0.717, 1.165) is 51.7 Å². The summed E-state index contributed by atoms with van der Waals surface area (Å²) in [6, 6.07) is 0.294. The van der Waals surface area contributed by atoms with Gasteiger partial charge in [-0.15, -0.1) is 0 Å². The third-order valence-corrected chi connectivity index (χ3v) is 6.91. The van der Waals surface area contributed by atoms with Crippen molar-refractivity contribution in [2.24, 2.45) is 11.8 Å². The van der Waals surface area contributed by atoms with Crippen LogP contribution < -0.4 is 10.2 Å². The molecule has 0 aromatic rings. The molecule has 3 rings (SSSR count). The fourth-order valence-corrected chi connectivity index (χ4v) is 5.51. The average Bonchev–Trinajstić information content (AvgIpc) is 3.15. The summed E-state index contributed by atoms with van der Waals surface area (Å²) in [5.74, 6) is -0.151. The highest BCUT2D eigenvalue weighted by molar-refractivity contribution is 5.81. The average molecular weight is 426 g/mol. The van der Waals surface area contributed by atoms with E-state index in [0.29, 0.717) is 43.2 Å². The van der Waals surface area contributed by atoms with Crippen LogP contribution in [0, 0.1) is 11.8 Å². The predicted octanol–water partition coefficient (Wildman–Crippen LogP) is 0.333. The van der Waals surface area contributed by atoms with Crippen LogP contribution in [0.3, 0.4) is 0 Å². The van der Waals surface area contributed by atoms with Gasteiger partial charge in [-0.05, 0) is 52.7 Å². The van der Waals surface area contributed by atoms with Crippen molar-refractivity contribution in [3.63, 3.8) is 0 Å². The van der Waals surface area contributed by atoms with Gasteiger partial charge in [0.1, 0.15) is 0 Å². The first-order valence-corrected chi connectivity index (χ1v) is 11.7. The molecule has 2 heterocycles. The lowest BCUT2D eigenvalue weighted by Crippen LogP contribution is -3.19. The van der Waals surface area contributed by atoms with Gasteiger partial charge in [-0.1, -0.05) is 6.92 Å². The van der Waals surface area contributed by atoms with Crippen molar-refractivity contribution in [1.82, 2.24) is 15.1 Å². The molecule has 1 saturated carbocycles. The summed E-state index contributed by atoms with van der Waals surface area (Å²) in [6.45, 7) is 8.97. The summed E-state index contributed by atoms with van der Waals surface area (Å²) in [5.41, 5.74) is 0. The maximum absolute atomic E-state index is 13.4. The van der Waals surface area contributed by atoms with Crippen LogP contribution in [0.15, 0.2) is 0 Å². The van der Waals surface area contributed by atoms with E-state index in [4.69, 9.17) is 9.47 Å². The second-order valence-electron chi connectivity index (χ2n) is 9.36. The number of quaternary nitrogens is 1. The minimum atomic E-state index is -0.440. The topological polar surface area (TPSA) is 75.6 Å². The number of carbonyl (C=O) groups is 2. The first kappa shape index (κ1) is 23.6. The standard InChI is InChI=1S/C22H40N4O4/c1-5-10-25-16-18(20(27)26(6-2)21(28)23-9-11-24(3)4)14-17-15-22(8-7-19(17)25)29-12-13-30-22/h17-19H,5-16H2,1-4H3,(H,23,28)/p+1/t17-,18-,19-/m1/s1. The van der Waals surface area contributed by atoms with Crippen LogP contribution in [0.5, 0.6) is 0 Å². The van der Waals surface area contributed by atoms with E-state index in [1.165, 1.54) is 0 Å². The molecule has 0 bridgehead atoms. The predicted molar refractivity (Wildman–Crippen MR) is 114 cm³/mol. The number of hydrogen-bond donors (Lipinski definition) is 2.